The van der Waals surface area contributed by atoms with Gasteiger partial charge in [0.15, 0.2) is 0 Å². The van der Waals surface area contributed by atoms with E-state index >= 15 is 0 Å². The summed E-state index contributed by atoms with van der Waals surface area (Å²) in [4.78, 5) is 12.4. The van der Waals surface area contributed by atoms with Crippen molar-refractivity contribution in [1.29, 1.82) is 0 Å². The van der Waals surface area contributed by atoms with Crippen LogP contribution in [0.25, 0.3) is 33.3 Å². The lowest BCUT2D eigenvalue weighted by atomic mass is 10.0. The maximum absolute atomic E-state index is 4.64. The standard InChI is InChI=1S/C22H19N3/c1-14-10-17(8-9-23-14)22-12-19-11-16(4-7-21(19)25-22)18-5-6-20(24-13-18)15-2-3-15/h4-13,15,25H,2-3H2,1H3. The van der Waals surface area contributed by atoms with Crippen LogP contribution in [0.5, 0.6) is 0 Å². The van der Waals surface area contributed by atoms with Crippen LogP contribution in [0.4, 0.5) is 0 Å². The number of benzene rings is 1. The van der Waals surface area contributed by atoms with Crippen LogP contribution in [0.2, 0.25) is 0 Å². The number of rotatable bonds is 3. The zero-order valence-electron chi connectivity index (χ0n) is 14.2. The first kappa shape index (κ1) is 14.4. The lowest BCUT2D eigenvalue weighted by Gasteiger charge is -2.03. The van der Waals surface area contributed by atoms with Gasteiger partial charge in [-0.15, -0.1) is 0 Å². The van der Waals surface area contributed by atoms with Crippen molar-refractivity contribution in [3.8, 4) is 22.4 Å². The van der Waals surface area contributed by atoms with E-state index in [4.69, 9.17) is 0 Å². The molecule has 0 aliphatic heterocycles. The van der Waals surface area contributed by atoms with Crippen LogP contribution in [0.3, 0.4) is 0 Å². The number of H-pyrrole nitrogens is 1. The summed E-state index contributed by atoms with van der Waals surface area (Å²) in [5.74, 6) is 0.701. The first-order valence-corrected chi connectivity index (χ1v) is 8.78. The molecule has 1 aromatic carbocycles. The van der Waals surface area contributed by atoms with Crippen molar-refractivity contribution in [3.63, 3.8) is 0 Å². The zero-order chi connectivity index (χ0) is 16.8. The summed E-state index contributed by atoms with van der Waals surface area (Å²) in [7, 11) is 0. The second-order valence-electron chi connectivity index (χ2n) is 6.92. The number of pyridine rings is 2. The van der Waals surface area contributed by atoms with Crippen LogP contribution in [0.15, 0.2) is 60.9 Å². The van der Waals surface area contributed by atoms with E-state index < -0.39 is 0 Å². The van der Waals surface area contributed by atoms with E-state index in [1.165, 1.54) is 40.6 Å². The number of hydrogen-bond acceptors (Lipinski definition) is 2. The van der Waals surface area contributed by atoms with Gasteiger partial charge in [-0.3, -0.25) is 9.97 Å². The summed E-state index contributed by atoms with van der Waals surface area (Å²) in [6, 6.07) is 17.3. The highest BCUT2D eigenvalue weighted by Crippen LogP contribution is 2.39. The molecule has 3 heterocycles. The van der Waals surface area contributed by atoms with Crippen LogP contribution < -0.4 is 0 Å². The van der Waals surface area contributed by atoms with Crippen molar-refractivity contribution in [2.45, 2.75) is 25.7 Å². The second-order valence-corrected chi connectivity index (χ2v) is 6.92. The highest BCUT2D eigenvalue weighted by molar-refractivity contribution is 5.89. The van der Waals surface area contributed by atoms with Crippen LogP contribution >= 0.6 is 0 Å². The van der Waals surface area contributed by atoms with Crippen molar-refractivity contribution in [2.24, 2.45) is 0 Å². The molecule has 1 fully saturated rings. The van der Waals surface area contributed by atoms with Crippen molar-refractivity contribution in [1.82, 2.24) is 15.0 Å². The minimum Gasteiger partial charge on any atom is -0.355 e. The van der Waals surface area contributed by atoms with Gasteiger partial charge in [-0.25, -0.2) is 0 Å². The normalized spacial score (nSPS) is 14.1. The van der Waals surface area contributed by atoms with Gasteiger partial charge in [0.2, 0.25) is 0 Å². The molecule has 0 amide bonds. The highest BCUT2D eigenvalue weighted by Gasteiger charge is 2.24. The summed E-state index contributed by atoms with van der Waals surface area (Å²) in [5.41, 5.74) is 8.09. The molecule has 25 heavy (non-hydrogen) atoms. The Balaban J connectivity index is 1.52. The van der Waals surface area contributed by atoms with Gasteiger partial charge in [0, 0.05) is 57.4 Å². The fraction of sp³-hybridized carbons (Fsp3) is 0.182. The van der Waals surface area contributed by atoms with Crippen LogP contribution in [-0.4, -0.2) is 15.0 Å². The van der Waals surface area contributed by atoms with E-state index in [0.717, 1.165) is 16.9 Å². The largest absolute Gasteiger partial charge is 0.355 e. The van der Waals surface area contributed by atoms with E-state index in [1.807, 2.05) is 25.4 Å². The molecule has 5 rings (SSSR count). The van der Waals surface area contributed by atoms with Gasteiger partial charge in [0.1, 0.15) is 0 Å². The molecule has 1 N–H and O–H groups in total. The summed E-state index contributed by atoms with van der Waals surface area (Å²) in [5, 5.41) is 1.22. The molecule has 122 valence electrons. The van der Waals surface area contributed by atoms with Crippen LogP contribution in [0.1, 0.15) is 30.1 Å². The molecule has 1 aliphatic carbocycles. The molecule has 0 saturated heterocycles. The molecule has 3 nitrogen and oxygen atoms in total. The smallest absolute Gasteiger partial charge is 0.0466 e. The lowest BCUT2D eigenvalue weighted by Crippen LogP contribution is -1.86. The van der Waals surface area contributed by atoms with Crippen molar-refractivity contribution < 1.29 is 0 Å². The topological polar surface area (TPSA) is 41.6 Å². The third-order valence-electron chi connectivity index (χ3n) is 4.94. The molecule has 1 aliphatic rings. The summed E-state index contributed by atoms with van der Waals surface area (Å²) in [6.07, 6.45) is 6.45. The zero-order valence-corrected chi connectivity index (χ0v) is 14.2. The van der Waals surface area contributed by atoms with Crippen molar-refractivity contribution in [2.75, 3.05) is 0 Å². The van der Waals surface area contributed by atoms with Gasteiger partial charge in [0.25, 0.3) is 0 Å². The van der Waals surface area contributed by atoms with E-state index in [2.05, 4.69) is 57.4 Å². The molecule has 0 atom stereocenters. The predicted octanol–water partition coefficient (Wildman–Crippen LogP) is 5.48. The molecule has 3 aromatic heterocycles. The molecule has 3 heteroatoms. The molecule has 0 bridgehead atoms. The Morgan fingerprint density at radius 3 is 2.52 bits per heavy atom. The Kier molecular flexibility index (Phi) is 3.20. The second kappa shape index (κ2) is 5.55. The lowest BCUT2D eigenvalue weighted by molar-refractivity contribution is 1.02. The van der Waals surface area contributed by atoms with Crippen LogP contribution in [-0.2, 0) is 0 Å². The monoisotopic (exact) mass is 325 g/mol. The maximum atomic E-state index is 4.64. The Hall–Kier alpha value is -2.94. The number of nitrogens with one attached hydrogen (secondary N) is 1. The summed E-state index contributed by atoms with van der Waals surface area (Å²) >= 11 is 0. The average Bonchev–Trinajstić information content (AvgIpc) is 3.40. The number of aryl methyl sites for hydroxylation is 1. The van der Waals surface area contributed by atoms with E-state index in [-0.39, 0.29) is 0 Å². The maximum Gasteiger partial charge on any atom is 0.0466 e. The predicted molar refractivity (Wildman–Crippen MR) is 101 cm³/mol. The number of aromatic amines is 1. The quantitative estimate of drug-likeness (QED) is 0.542. The fourth-order valence-corrected chi connectivity index (χ4v) is 3.38. The van der Waals surface area contributed by atoms with Gasteiger partial charge < -0.3 is 4.98 Å². The third-order valence-corrected chi connectivity index (χ3v) is 4.94. The molecule has 1 saturated carbocycles. The molecule has 0 unspecified atom stereocenters. The summed E-state index contributed by atoms with van der Waals surface area (Å²) in [6.45, 7) is 2.02. The Morgan fingerprint density at radius 2 is 1.76 bits per heavy atom. The minimum absolute atomic E-state index is 0.701. The first-order chi connectivity index (χ1) is 12.3. The fourth-order valence-electron chi connectivity index (χ4n) is 3.38. The average molecular weight is 325 g/mol. The van der Waals surface area contributed by atoms with Crippen molar-refractivity contribution in [3.05, 3.63) is 72.3 Å². The van der Waals surface area contributed by atoms with Gasteiger partial charge >= 0.3 is 0 Å². The highest BCUT2D eigenvalue weighted by atomic mass is 14.7. The third kappa shape index (κ3) is 2.72. The molecular formula is C22H19N3. The van der Waals surface area contributed by atoms with Gasteiger partial charge in [0.05, 0.1) is 0 Å². The SMILES string of the molecule is Cc1cc(-c2cc3cc(-c4ccc(C5CC5)nc4)ccc3[nH]2)ccn1. The number of hydrogen-bond donors (Lipinski definition) is 1. The molecule has 0 radical (unpaired) electrons. The van der Waals surface area contributed by atoms with E-state index in [0.29, 0.717) is 5.92 Å². The van der Waals surface area contributed by atoms with Gasteiger partial charge in [-0.2, -0.15) is 0 Å². The van der Waals surface area contributed by atoms with Crippen molar-refractivity contribution >= 4 is 10.9 Å². The first-order valence-electron chi connectivity index (χ1n) is 8.78. The van der Waals surface area contributed by atoms with Crippen LogP contribution in [0, 0.1) is 6.92 Å². The summed E-state index contributed by atoms with van der Waals surface area (Å²) < 4.78 is 0. The van der Waals surface area contributed by atoms with Gasteiger partial charge in [-0.05, 0) is 61.7 Å². The van der Waals surface area contributed by atoms with E-state index in [9.17, 15) is 0 Å². The van der Waals surface area contributed by atoms with E-state index in [1.54, 1.807) is 0 Å². The molecular weight excluding hydrogens is 306 g/mol. The van der Waals surface area contributed by atoms with Gasteiger partial charge in [-0.1, -0.05) is 12.1 Å². The molecule has 4 aromatic rings. The Labute approximate surface area is 146 Å². The Morgan fingerprint density at radius 1 is 0.880 bits per heavy atom. The number of fused-ring (bicyclic) bond motifs is 1. The number of aromatic nitrogens is 3. The Bertz CT molecular complexity index is 1060. The minimum atomic E-state index is 0.701. The molecule has 0 spiro atoms. The number of nitrogens with zero attached hydrogens (tertiary/aromatic N) is 2.